The standard InChI is InChI=1S/C19H36N4O3.HI/c1-5-25-16(15(2)3)8-9-21-19(20-4)23-12-10-22(11-13-23)18(24)17-7-6-14-26-17;/h15-17H,5-14H2,1-4H3,(H,20,21);1H. The van der Waals surface area contributed by atoms with Crippen molar-refractivity contribution in [3.63, 3.8) is 0 Å². The molecule has 0 aromatic carbocycles. The number of ether oxygens (including phenoxy) is 2. The van der Waals surface area contributed by atoms with Gasteiger partial charge >= 0.3 is 0 Å². The largest absolute Gasteiger partial charge is 0.378 e. The summed E-state index contributed by atoms with van der Waals surface area (Å²) in [6, 6.07) is 0. The van der Waals surface area contributed by atoms with Crippen LogP contribution in [0.4, 0.5) is 0 Å². The first-order valence-electron chi connectivity index (χ1n) is 10.0. The minimum Gasteiger partial charge on any atom is -0.378 e. The first-order valence-corrected chi connectivity index (χ1v) is 10.0. The number of hydrogen-bond donors (Lipinski definition) is 1. The molecule has 2 unspecified atom stereocenters. The van der Waals surface area contributed by atoms with Crippen LogP contribution in [0.3, 0.4) is 0 Å². The summed E-state index contributed by atoms with van der Waals surface area (Å²) in [7, 11) is 1.81. The number of hydrogen-bond acceptors (Lipinski definition) is 4. The molecule has 0 spiro atoms. The predicted molar refractivity (Wildman–Crippen MR) is 119 cm³/mol. The zero-order valence-electron chi connectivity index (χ0n) is 17.3. The van der Waals surface area contributed by atoms with Gasteiger partial charge in [0.1, 0.15) is 6.10 Å². The molecular weight excluding hydrogens is 459 g/mol. The molecule has 2 rings (SSSR count). The molecule has 2 aliphatic rings. The lowest BCUT2D eigenvalue weighted by Gasteiger charge is -2.37. The van der Waals surface area contributed by atoms with Crippen molar-refractivity contribution in [3.8, 4) is 0 Å². The summed E-state index contributed by atoms with van der Waals surface area (Å²) < 4.78 is 11.3. The van der Waals surface area contributed by atoms with E-state index in [2.05, 4.69) is 29.1 Å². The third-order valence-electron chi connectivity index (χ3n) is 5.14. The Labute approximate surface area is 181 Å². The number of aliphatic imine (C=N–C) groups is 1. The third kappa shape index (κ3) is 7.38. The average molecular weight is 496 g/mol. The minimum atomic E-state index is -0.217. The smallest absolute Gasteiger partial charge is 0.251 e. The van der Waals surface area contributed by atoms with E-state index in [0.29, 0.717) is 12.5 Å². The van der Waals surface area contributed by atoms with Gasteiger partial charge in [-0.25, -0.2) is 0 Å². The molecule has 2 saturated heterocycles. The van der Waals surface area contributed by atoms with Crippen LogP contribution in [0.5, 0.6) is 0 Å². The van der Waals surface area contributed by atoms with E-state index in [4.69, 9.17) is 9.47 Å². The van der Waals surface area contributed by atoms with E-state index in [9.17, 15) is 4.79 Å². The molecule has 7 nitrogen and oxygen atoms in total. The lowest BCUT2D eigenvalue weighted by atomic mass is 10.0. The van der Waals surface area contributed by atoms with Gasteiger partial charge in [-0.2, -0.15) is 0 Å². The van der Waals surface area contributed by atoms with Gasteiger partial charge < -0.3 is 24.6 Å². The number of nitrogens with one attached hydrogen (secondary N) is 1. The Balaban J connectivity index is 0.00000364. The molecule has 8 heteroatoms. The van der Waals surface area contributed by atoms with Crippen molar-refractivity contribution < 1.29 is 14.3 Å². The van der Waals surface area contributed by atoms with Crippen molar-refractivity contribution in [2.75, 3.05) is 53.0 Å². The second-order valence-corrected chi connectivity index (χ2v) is 7.31. The zero-order chi connectivity index (χ0) is 18.9. The molecule has 1 N–H and O–H groups in total. The van der Waals surface area contributed by atoms with Crippen molar-refractivity contribution in [3.05, 3.63) is 0 Å². The summed E-state index contributed by atoms with van der Waals surface area (Å²) >= 11 is 0. The number of rotatable bonds is 7. The van der Waals surface area contributed by atoms with Gasteiger partial charge in [0.15, 0.2) is 5.96 Å². The zero-order valence-corrected chi connectivity index (χ0v) is 19.6. The molecule has 0 radical (unpaired) electrons. The van der Waals surface area contributed by atoms with Crippen LogP contribution in [-0.4, -0.2) is 86.9 Å². The Hall–Kier alpha value is -0.610. The van der Waals surface area contributed by atoms with Crippen molar-refractivity contribution in [2.24, 2.45) is 10.9 Å². The molecule has 0 bridgehead atoms. The number of carbonyl (C=O) groups excluding carboxylic acids is 1. The summed E-state index contributed by atoms with van der Waals surface area (Å²) in [5.41, 5.74) is 0. The van der Waals surface area contributed by atoms with Gasteiger partial charge in [0.25, 0.3) is 5.91 Å². The van der Waals surface area contributed by atoms with E-state index in [-0.39, 0.29) is 42.1 Å². The normalized spacial score (nSPS) is 22.0. The van der Waals surface area contributed by atoms with Crippen LogP contribution in [0.15, 0.2) is 4.99 Å². The molecular formula is C19H37IN4O3. The van der Waals surface area contributed by atoms with E-state index in [0.717, 1.165) is 64.6 Å². The second-order valence-electron chi connectivity index (χ2n) is 7.31. The van der Waals surface area contributed by atoms with Gasteiger partial charge in [0, 0.05) is 53.0 Å². The van der Waals surface area contributed by atoms with Crippen molar-refractivity contribution in [2.45, 2.75) is 52.2 Å². The molecule has 2 heterocycles. The number of guanidine groups is 1. The van der Waals surface area contributed by atoms with Gasteiger partial charge in [-0.05, 0) is 32.1 Å². The van der Waals surface area contributed by atoms with Gasteiger partial charge in [-0.3, -0.25) is 9.79 Å². The highest BCUT2D eigenvalue weighted by Gasteiger charge is 2.30. The Morgan fingerprint density at radius 1 is 1.26 bits per heavy atom. The van der Waals surface area contributed by atoms with Crippen LogP contribution in [-0.2, 0) is 14.3 Å². The summed E-state index contributed by atoms with van der Waals surface area (Å²) in [6.45, 7) is 11.8. The third-order valence-corrected chi connectivity index (χ3v) is 5.14. The van der Waals surface area contributed by atoms with Gasteiger partial charge in [-0.1, -0.05) is 13.8 Å². The lowest BCUT2D eigenvalue weighted by Crippen LogP contribution is -2.55. The molecule has 0 aliphatic carbocycles. The monoisotopic (exact) mass is 496 g/mol. The van der Waals surface area contributed by atoms with Crippen LogP contribution in [0.1, 0.15) is 40.0 Å². The number of piperazine rings is 1. The molecule has 2 atom stereocenters. The number of amides is 1. The summed E-state index contributed by atoms with van der Waals surface area (Å²) in [5.74, 6) is 1.57. The van der Waals surface area contributed by atoms with E-state index in [1.165, 1.54) is 0 Å². The Kier molecular flexibility index (Phi) is 11.6. The van der Waals surface area contributed by atoms with Gasteiger partial charge in [-0.15, -0.1) is 24.0 Å². The Bertz CT molecular complexity index is 462. The van der Waals surface area contributed by atoms with Gasteiger partial charge in [0.2, 0.25) is 0 Å². The van der Waals surface area contributed by atoms with Crippen LogP contribution >= 0.6 is 24.0 Å². The maximum atomic E-state index is 12.4. The fourth-order valence-electron chi connectivity index (χ4n) is 3.60. The van der Waals surface area contributed by atoms with Crippen LogP contribution in [0.25, 0.3) is 0 Å². The maximum Gasteiger partial charge on any atom is 0.251 e. The van der Waals surface area contributed by atoms with E-state index in [1.807, 2.05) is 18.9 Å². The van der Waals surface area contributed by atoms with Crippen LogP contribution in [0, 0.1) is 5.92 Å². The highest BCUT2D eigenvalue weighted by molar-refractivity contribution is 14.0. The molecule has 1 amide bonds. The molecule has 27 heavy (non-hydrogen) atoms. The van der Waals surface area contributed by atoms with Crippen molar-refractivity contribution >= 4 is 35.8 Å². The van der Waals surface area contributed by atoms with Crippen LogP contribution < -0.4 is 5.32 Å². The molecule has 2 aliphatic heterocycles. The molecule has 0 saturated carbocycles. The van der Waals surface area contributed by atoms with Gasteiger partial charge in [0.05, 0.1) is 6.10 Å². The topological polar surface area (TPSA) is 66.4 Å². The van der Waals surface area contributed by atoms with E-state index in [1.54, 1.807) is 0 Å². The minimum absolute atomic E-state index is 0. The predicted octanol–water partition coefficient (Wildman–Crippen LogP) is 1.95. The molecule has 0 aromatic heterocycles. The first-order chi connectivity index (χ1) is 12.6. The highest BCUT2D eigenvalue weighted by atomic mass is 127. The summed E-state index contributed by atoms with van der Waals surface area (Å²) in [6.07, 6.45) is 2.87. The number of nitrogens with zero attached hydrogens (tertiary/aromatic N) is 3. The number of carbonyl (C=O) groups is 1. The van der Waals surface area contributed by atoms with Crippen LogP contribution in [0.2, 0.25) is 0 Å². The summed E-state index contributed by atoms with van der Waals surface area (Å²) in [5, 5.41) is 3.45. The quantitative estimate of drug-likeness (QED) is 0.332. The second kappa shape index (κ2) is 12.8. The van der Waals surface area contributed by atoms with Crippen molar-refractivity contribution in [1.82, 2.24) is 15.1 Å². The number of halogens is 1. The Morgan fingerprint density at radius 3 is 2.44 bits per heavy atom. The average Bonchev–Trinajstić information content (AvgIpc) is 3.18. The van der Waals surface area contributed by atoms with E-state index >= 15 is 0 Å². The molecule has 0 aromatic rings. The fourth-order valence-corrected chi connectivity index (χ4v) is 3.60. The lowest BCUT2D eigenvalue weighted by molar-refractivity contribution is -0.142. The highest BCUT2D eigenvalue weighted by Crippen LogP contribution is 2.16. The maximum absolute atomic E-state index is 12.4. The summed E-state index contributed by atoms with van der Waals surface area (Å²) in [4.78, 5) is 21.0. The first kappa shape index (κ1) is 24.4. The van der Waals surface area contributed by atoms with E-state index < -0.39 is 0 Å². The Morgan fingerprint density at radius 2 is 1.93 bits per heavy atom. The SMILES string of the molecule is CCOC(CCNC(=NC)N1CCN(C(=O)C2CCCO2)CC1)C(C)C.I. The molecule has 2 fully saturated rings. The van der Waals surface area contributed by atoms with Crippen molar-refractivity contribution in [1.29, 1.82) is 0 Å². The fraction of sp³-hybridized carbons (Fsp3) is 0.895. The molecule has 158 valence electrons.